The Balaban J connectivity index is 0. The minimum Gasteiger partial charge on any atom is -0.468 e. The van der Waals surface area contributed by atoms with Gasteiger partial charge in [-0.2, -0.15) is 0 Å². The van der Waals surface area contributed by atoms with Crippen LogP contribution < -0.4 is 5.73 Å². The summed E-state index contributed by atoms with van der Waals surface area (Å²) in [4.78, 5) is 18.8. The van der Waals surface area contributed by atoms with Crippen molar-refractivity contribution in [2.45, 2.75) is 12.5 Å². The zero-order chi connectivity index (χ0) is 9.68. The Kier molecular flexibility index (Phi) is 9.25. The fourth-order valence-electron chi connectivity index (χ4n) is 0.895. The first kappa shape index (κ1) is 16.5. The number of nitrogens with two attached hydrogens (primary N) is 1. The molecule has 5 nitrogen and oxygen atoms in total. The van der Waals surface area contributed by atoms with Gasteiger partial charge >= 0.3 is 5.97 Å². The second kappa shape index (κ2) is 8.40. The lowest BCUT2D eigenvalue weighted by molar-refractivity contribution is -0.142. The number of rotatable bonds is 3. The van der Waals surface area contributed by atoms with Gasteiger partial charge in [0.15, 0.2) is 0 Å². The highest BCUT2D eigenvalue weighted by atomic mass is 35.5. The third kappa shape index (κ3) is 5.51. The number of carbonyl (C=O) groups is 1. The molecule has 2 N–H and O–H groups in total. The standard InChI is InChI=1S/C8H11N3O2.2ClH/c1-13-8(12)7(9)4-6-5-10-2-3-11-6;;/h2-3,5,7H,4,9H2,1H3;2*1H/t7-;;/m0../s1. The van der Waals surface area contributed by atoms with E-state index in [1.807, 2.05) is 0 Å². The van der Waals surface area contributed by atoms with Gasteiger partial charge in [0.1, 0.15) is 6.04 Å². The van der Waals surface area contributed by atoms with Crippen LogP contribution in [0, 0.1) is 0 Å². The fourth-order valence-corrected chi connectivity index (χ4v) is 0.895. The summed E-state index contributed by atoms with van der Waals surface area (Å²) < 4.78 is 4.47. The van der Waals surface area contributed by atoms with E-state index in [0.29, 0.717) is 12.1 Å². The molecule has 0 aliphatic rings. The molecule has 1 aromatic rings. The van der Waals surface area contributed by atoms with Crippen molar-refractivity contribution >= 4 is 30.8 Å². The molecule has 0 fully saturated rings. The normalized spacial score (nSPS) is 10.5. The highest BCUT2D eigenvalue weighted by Gasteiger charge is 2.14. The molecule has 0 unspecified atom stereocenters. The summed E-state index contributed by atoms with van der Waals surface area (Å²) in [6, 6.07) is -0.665. The van der Waals surface area contributed by atoms with E-state index in [1.54, 1.807) is 18.6 Å². The maximum atomic E-state index is 10.9. The second-order valence-corrected chi connectivity index (χ2v) is 2.53. The third-order valence-electron chi connectivity index (χ3n) is 1.55. The molecule has 86 valence electrons. The van der Waals surface area contributed by atoms with Gasteiger partial charge in [-0.05, 0) is 0 Å². The second-order valence-electron chi connectivity index (χ2n) is 2.53. The van der Waals surface area contributed by atoms with Crippen molar-refractivity contribution in [3.63, 3.8) is 0 Å². The summed E-state index contributed by atoms with van der Waals surface area (Å²) >= 11 is 0. The van der Waals surface area contributed by atoms with Crippen LogP contribution in [0.1, 0.15) is 5.69 Å². The molecule has 1 atom stereocenters. The largest absolute Gasteiger partial charge is 0.468 e. The minimum absolute atomic E-state index is 0. The van der Waals surface area contributed by atoms with E-state index in [2.05, 4.69) is 14.7 Å². The Morgan fingerprint density at radius 1 is 1.53 bits per heavy atom. The highest BCUT2D eigenvalue weighted by Crippen LogP contribution is 1.96. The first-order valence-corrected chi connectivity index (χ1v) is 3.82. The van der Waals surface area contributed by atoms with Crippen molar-refractivity contribution in [1.29, 1.82) is 0 Å². The number of nitrogens with zero attached hydrogens (tertiary/aromatic N) is 2. The predicted molar refractivity (Wildman–Crippen MR) is 60.2 cm³/mol. The minimum atomic E-state index is -0.665. The molecule has 0 saturated heterocycles. The van der Waals surface area contributed by atoms with Crippen LogP contribution in [0.2, 0.25) is 0 Å². The lowest BCUT2D eigenvalue weighted by Crippen LogP contribution is -2.33. The Labute approximate surface area is 100 Å². The quantitative estimate of drug-likeness (QED) is 0.788. The number of hydrogen-bond donors (Lipinski definition) is 1. The maximum absolute atomic E-state index is 10.9. The van der Waals surface area contributed by atoms with Crippen LogP contribution in [-0.2, 0) is 16.0 Å². The Morgan fingerprint density at radius 3 is 2.67 bits per heavy atom. The summed E-state index contributed by atoms with van der Waals surface area (Å²) in [5.74, 6) is -0.439. The highest BCUT2D eigenvalue weighted by molar-refractivity contribution is 5.85. The van der Waals surface area contributed by atoms with Crippen molar-refractivity contribution in [1.82, 2.24) is 9.97 Å². The van der Waals surface area contributed by atoms with E-state index in [1.165, 1.54) is 7.11 Å². The van der Waals surface area contributed by atoms with E-state index < -0.39 is 12.0 Å². The number of esters is 1. The van der Waals surface area contributed by atoms with Gasteiger partial charge in [-0.3, -0.25) is 14.8 Å². The molecule has 0 aliphatic heterocycles. The average molecular weight is 254 g/mol. The van der Waals surface area contributed by atoms with Gasteiger partial charge in [0.05, 0.1) is 12.8 Å². The van der Waals surface area contributed by atoms with Gasteiger partial charge in [0.2, 0.25) is 0 Å². The van der Waals surface area contributed by atoms with Gasteiger partial charge in [-0.1, -0.05) is 0 Å². The summed E-state index contributed by atoms with van der Waals surface area (Å²) in [5, 5.41) is 0. The predicted octanol–water partition coefficient (Wildman–Crippen LogP) is 0.363. The van der Waals surface area contributed by atoms with Crippen LogP contribution in [0.4, 0.5) is 0 Å². The van der Waals surface area contributed by atoms with Crippen LogP contribution in [0.25, 0.3) is 0 Å². The molecule has 0 radical (unpaired) electrons. The number of aromatic nitrogens is 2. The summed E-state index contributed by atoms with van der Waals surface area (Å²) in [6.45, 7) is 0. The molecule has 0 aliphatic carbocycles. The van der Waals surface area contributed by atoms with Gasteiger partial charge < -0.3 is 10.5 Å². The first-order chi connectivity index (χ1) is 6.24. The molecule has 7 heteroatoms. The number of halogens is 2. The maximum Gasteiger partial charge on any atom is 0.323 e. The first-order valence-electron chi connectivity index (χ1n) is 3.82. The van der Waals surface area contributed by atoms with E-state index in [0.717, 1.165) is 0 Å². The Hall–Kier alpha value is -0.910. The van der Waals surface area contributed by atoms with E-state index in [-0.39, 0.29) is 24.8 Å². The molecular weight excluding hydrogens is 241 g/mol. The van der Waals surface area contributed by atoms with Crippen LogP contribution >= 0.6 is 24.8 Å². The molecule has 0 aromatic carbocycles. The van der Waals surface area contributed by atoms with Crippen molar-refractivity contribution in [2.24, 2.45) is 5.73 Å². The average Bonchev–Trinajstić information content (AvgIpc) is 2.18. The monoisotopic (exact) mass is 253 g/mol. The van der Waals surface area contributed by atoms with Gasteiger partial charge in [-0.25, -0.2) is 0 Å². The molecule has 1 rings (SSSR count). The van der Waals surface area contributed by atoms with Crippen molar-refractivity contribution < 1.29 is 9.53 Å². The molecule has 0 bridgehead atoms. The molecule has 0 amide bonds. The molecule has 0 saturated carbocycles. The van der Waals surface area contributed by atoms with Crippen LogP contribution in [0.15, 0.2) is 18.6 Å². The third-order valence-corrected chi connectivity index (χ3v) is 1.55. The van der Waals surface area contributed by atoms with Gasteiger partial charge in [-0.15, -0.1) is 24.8 Å². The van der Waals surface area contributed by atoms with Crippen molar-refractivity contribution in [3.05, 3.63) is 24.3 Å². The van der Waals surface area contributed by atoms with E-state index >= 15 is 0 Å². The fraction of sp³-hybridized carbons (Fsp3) is 0.375. The smallest absolute Gasteiger partial charge is 0.323 e. The number of hydrogen-bond acceptors (Lipinski definition) is 5. The molecule has 1 aromatic heterocycles. The van der Waals surface area contributed by atoms with Crippen LogP contribution in [-0.4, -0.2) is 29.1 Å². The van der Waals surface area contributed by atoms with Crippen LogP contribution in [0.5, 0.6) is 0 Å². The van der Waals surface area contributed by atoms with Gasteiger partial charge in [0, 0.05) is 25.0 Å². The van der Waals surface area contributed by atoms with Crippen LogP contribution in [0.3, 0.4) is 0 Å². The zero-order valence-corrected chi connectivity index (χ0v) is 9.75. The lowest BCUT2D eigenvalue weighted by Gasteiger charge is -2.07. The van der Waals surface area contributed by atoms with Crippen molar-refractivity contribution in [2.75, 3.05) is 7.11 Å². The Bertz CT molecular complexity index is 284. The number of ether oxygens (including phenoxy) is 1. The Morgan fingerprint density at radius 2 is 2.20 bits per heavy atom. The molecular formula is C8H13Cl2N3O2. The molecule has 15 heavy (non-hydrogen) atoms. The number of methoxy groups -OCH3 is 1. The van der Waals surface area contributed by atoms with Crippen molar-refractivity contribution in [3.8, 4) is 0 Å². The van der Waals surface area contributed by atoms with E-state index in [9.17, 15) is 4.79 Å². The topological polar surface area (TPSA) is 78.1 Å². The lowest BCUT2D eigenvalue weighted by atomic mass is 10.2. The summed E-state index contributed by atoms with van der Waals surface area (Å²) in [7, 11) is 1.30. The van der Waals surface area contributed by atoms with Gasteiger partial charge in [0.25, 0.3) is 0 Å². The SMILES string of the molecule is COC(=O)[C@@H](N)Cc1cnccn1.Cl.Cl. The zero-order valence-electron chi connectivity index (χ0n) is 8.12. The molecule has 0 spiro atoms. The summed E-state index contributed by atoms with van der Waals surface area (Å²) in [5.41, 5.74) is 6.20. The van der Waals surface area contributed by atoms with E-state index in [4.69, 9.17) is 5.73 Å². The molecule has 1 heterocycles. The summed E-state index contributed by atoms with van der Waals surface area (Å²) in [6.07, 6.45) is 5.04. The number of carbonyl (C=O) groups excluding carboxylic acids is 1.